The topological polar surface area (TPSA) is 86.9 Å². The maximum absolute atomic E-state index is 12.2. The molecule has 0 unspecified atom stereocenters. The zero-order chi connectivity index (χ0) is 23.0. The zero-order valence-electron chi connectivity index (χ0n) is 18.7. The van der Waals surface area contributed by atoms with Crippen LogP contribution in [0.25, 0.3) is 21.9 Å². The van der Waals surface area contributed by atoms with Crippen LogP contribution >= 0.6 is 0 Å². The monoisotopic (exact) mass is 440 g/mol. The summed E-state index contributed by atoms with van der Waals surface area (Å²) >= 11 is 0. The average molecular weight is 441 g/mol. The summed E-state index contributed by atoms with van der Waals surface area (Å²) in [6, 6.07) is 24.2. The van der Waals surface area contributed by atoms with E-state index in [1.165, 1.54) is 16.7 Å². The molecule has 4 aromatic rings. The number of hydrogen-bond donors (Lipinski definition) is 3. The Bertz CT molecular complexity index is 1300. The number of nitrogens with one attached hydrogen (secondary N) is 3. The first-order chi connectivity index (χ1) is 16.1. The van der Waals surface area contributed by atoms with E-state index in [9.17, 15) is 9.59 Å². The van der Waals surface area contributed by atoms with E-state index >= 15 is 0 Å². The highest BCUT2D eigenvalue weighted by atomic mass is 16.1. The highest BCUT2D eigenvalue weighted by Gasteiger charge is 2.06. The Morgan fingerprint density at radius 1 is 0.909 bits per heavy atom. The number of aryl methyl sites for hydroxylation is 2. The van der Waals surface area contributed by atoms with Crippen molar-refractivity contribution in [3.63, 3.8) is 0 Å². The van der Waals surface area contributed by atoms with E-state index in [1.54, 1.807) is 6.07 Å². The predicted octanol–water partition coefficient (Wildman–Crippen LogP) is 4.45. The Kier molecular flexibility index (Phi) is 7.15. The number of carbonyl (C=O) groups excluding carboxylic acids is 1. The van der Waals surface area contributed by atoms with Gasteiger partial charge in [0.2, 0.25) is 5.91 Å². The van der Waals surface area contributed by atoms with Gasteiger partial charge in [0, 0.05) is 24.9 Å². The maximum Gasteiger partial charge on any atom is 0.272 e. The number of benzene rings is 3. The maximum atomic E-state index is 12.2. The smallest absolute Gasteiger partial charge is 0.272 e. The number of anilines is 1. The van der Waals surface area contributed by atoms with E-state index < -0.39 is 0 Å². The number of carbonyl (C=O) groups is 1. The summed E-state index contributed by atoms with van der Waals surface area (Å²) in [6.45, 7) is 3.32. The molecule has 0 fully saturated rings. The molecule has 0 spiro atoms. The van der Waals surface area contributed by atoms with Crippen molar-refractivity contribution >= 4 is 22.5 Å². The fraction of sp³-hybridized carbons (Fsp3) is 0.222. The lowest BCUT2D eigenvalue weighted by Gasteiger charge is -2.09. The Hall–Kier alpha value is -3.93. The minimum Gasteiger partial charge on any atom is -0.368 e. The molecule has 1 aromatic heterocycles. The number of aromatic nitrogens is 2. The summed E-state index contributed by atoms with van der Waals surface area (Å²) in [5, 5.41) is 14.2. The number of fused-ring (bicyclic) bond motifs is 1. The van der Waals surface area contributed by atoms with Crippen molar-refractivity contribution in [2.75, 3.05) is 18.4 Å². The van der Waals surface area contributed by atoms with Crippen LogP contribution in [-0.4, -0.2) is 29.2 Å². The highest BCUT2D eigenvalue weighted by Crippen LogP contribution is 2.21. The lowest BCUT2D eigenvalue weighted by atomic mass is 10.0. The lowest BCUT2D eigenvalue weighted by molar-refractivity contribution is -0.121. The zero-order valence-corrected chi connectivity index (χ0v) is 18.7. The number of nitrogens with zero attached hydrogens (tertiary/aromatic N) is 1. The predicted molar refractivity (Wildman–Crippen MR) is 133 cm³/mol. The molecule has 1 heterocycles. The molecule has 0 aliphatic rings. The Labute approximate surface area is 193 Å². The first kappa shape index (κ1) is 22.3. The van der Waals surface area contributed by atoms with Crippen LogP contribution in [0.1, 0.15) is 24.0 Å². The van der Waals surface area contributed by atoms with Crippen molar-refractivity contribution in [1.82, 2.24) is 15.5 Å². The van der Waals surface area contributed by atoms with E-state index in [0.717, 1.165) is 17.4 Å². The molecule has 3 aromatic carbocycles. The van der Waals surface area contributed by atoms with Crippen molar-refractivity contribution in [2.24, 2.45) is 0 Å². The van der Waals surface area contributed by atoms with E-state index in [2.05, 4.69) is 76.3 Å². The first-order valence-electron chi connectivity index (χ1n) is 11.2. The number of amides is 1. The molecule has 6 heteroatoms. The van der Waals surface area contributed by atoms with Gasteiger partial charge in [-0.1, -0.05) is 72.3 Å². The molecule has 3 N–H and O–H groups in total. The third-order valence-electron chi connectivity index (χ3n) is 5.61. The number of rotatable bonds is 9. The van der Waals surface area contributed by atoms with Crippen molar-refractivity contribution in [2.45, 2.75) is 26.2 Å². The lowest BCUT2D eigenvalue weighted by Crippen LogP contribution is -2.26. The molecule has 0 saturated heterocycles. The molecular weight excluding hydrogens is 412 g/mol. The van der Waals surface area contributed by atoms with Crippen LogP contribution < -0.4 is 16.2 Å². The normalized spacial score (nSPS) is 10.8. The van der Waals surface area contributed by atoms with Crippen molar-refractivity contribution in [3.8, 4) is 11.1 Å². The van der Waals surface area contributed by atoms with Gasteiger partial charge in [0.15, 0.2) is 5.82 Å². The molecule has 0 bridgehead atoms. The number of aromatic amines is 1. The van der Waals surface area contributed by atoms with Crippen molar-refractivity contribution in [1.29, 1.82) is 0 Å². The summed E-state index contributed by atoms with van der Waals surface area (Å²) < 4.78 is 0. The third-order valence-corrected chi connectivity index (χ3v) is 5.61. The van der Waals surface area contributed by atoms with Crippen LogP contribution in [0.4, 0.5) is 5.82 Å². The minimum atomic E-state index is -0.201. The fourth-order valence-electron chi connectivity index (χ4n) is 3.81. The summed E-state index contributed by atoms with van der Waals surface area (Å²) in [5.74, 6) is 0.691. The minimum absolute atomic E-state index is 0.0466. The molecule has 0 aliphatic heterocycles. The number of H-pyrrole nitrogens is 1. The molecular formula is C27H28N4O2. The molecule has 168 valence electrons. The molecule has 0 radical (unpaired) electrons. The second-order valence-electron chi connectivity index (χ2n) is 8.14. The second-order valence-corrected chi connectivity index (χ2v) is 8.14. The molecule has 0 atom stereocenters. The molecule has 0 aliphatic carbocycles. The van der Waals surface area contributed by atoms with Gasteiger partial charge in [0.25, 0.3) is 5.56 Å². The molecule has 33 heavy (non-hydrogen) atoms. The molecule has 4 rings (SSSR count). The van der Waals surface area contributed by atoms with Gasteiger partial charge in [-0.15, -0.1) is 0 Å². The highest BCUT2D eigenvalue weighted by molar-refractivity contribution is 5.90. The van der Waals surface area contributed by atoms with E-state index in [-0.39, 0.29) is 11.5 Å². The van der Waals surface area contributed by atoms with Gasteiger partial charge in [0.1, 0.15) is 0 Å². The van der Waals surface area contributed by atoms with E-state index in [4.69, 9.17) is 0 Å². The molecule has 0 saturated carbocycles. The number of hydrogen-bond acceptors (Lipinski definition) is 4. The van der Waals surface area contributed by atoms with Crippen LogP contribution in [0.3, 0.4) is 0 Å². The van der Waals surface area contributed by atoms with E-state index in [1.807, 2.05) is 18.2 Å². The Balaban J connectivity index is 1.18. The van der Waals surface area contributed by atoms with Crippen LogP contribution in [0.2, 0.25) is 0 Å². The van der Waals surface area contributed by atoms with Gasteiger partial charge < -0.3 is 10.6 Å². The van der Waals surface area contributed by atoms with Gasteiger partial charge in [-0.2, -0.15) is 5.10 Å². The fourth-order valence-corrected chi connectivity index (χ4v) is 3.81. The first-order valence-corrected chi connectivity index (χ1v) is 11.2. The summed E-state index contributed by atoms with van der Waals surface area (Å²) in [5.41, 5.74) is 4.58. The van der Waals surface area contributed by atoms with Crippen LogP contribution in [0.15, 0.2) is 77.6 Å². The SMILES string of the molecule is Cc1cccc(-c2ccc(CCC(=O)NCCCNc3n[nH]c(=O)c4ccccc34)cc2)c1. The van der Waals surface area contributed by atoms with E-state index in [0.29, 0.717) is 37.1 Å². The Morgan fingerprint density at radius 2 is 1.70 bits per heavy atom. The third kappa shape index (κ3) is 5.86. The summed E-state index contributed by atoms with van der Waals surface area (Å²) in [6.07, 6.45) is 1.93. The van der Waals surface area contributed by atoms with Crippen LogP contribution in [0, 0.1) is 6.92 Å². The van der Waals surface area contributed by atoms with Crippen LogP contribution in [-0.2, 0) is 11.2 Å². The van der Waals surface area contributed by atoms with Gasteiger partial charge in [-0.25, -0.2) is 5.10 Å². The summed E-state index contributed by atoms with van der Waals surface area (Å²) in [7, 11) is 0. The van der Waals surface area contributed by atoms with Crippen molar-refractivity contribution < 1.29 is 4.79 Å². The Morgan fingerprint density at radius 3 is 2.48 bits per heavy atom. The standard InChI is InChI=1S/C27H28N4O2/c1-19-6-4-7-22(18-19)21-13-10-20(11-14-21)12-15-25(32)28-16-5-17-29-26-23-8-2-3-9-24(23)27(33)31-30-26/h2-4,6-11,13-14,18H,5,12,15-17H2,1H3,(H,28,32)(H,29,30)(H,31,33). The quantitative estimate of drug-likeness (QED) is 0.336. The van der Waals surface area contributed by atoms with Gasteiger partial charge in [-0.05, 0) is 42.5 Å². The van der Waals surface area contributed by atoms with Gasteiger partial charge in [-0.3, -0.25) is 9.59 Å². The van der Waals surface area contributed by atoms with Crippen LogP contribution in [0.5, 0.6) is 0 Å². The van der Waals surface area contributed by atoms with Crippen molar-refractivity contribution in [3.05, 3.63) is 94.3 Å². The largest absolute Gasteiger partial charge is 0.368 e. The summed E-state index contributed by atoms with van der Waals surface area (Å²) in [4.78, 5) is 24.1. The second kappa shape index (κ2) is 10.6. The van der Waals surface area contributed by atoms with Gasteiger partial charge in [0.05, 0.1) is 5.39 Å². The average Bonchev–Trinajstić information content (AvgIpc) is 2.84. The molecule has 1 amide bonds. The molecule has 6 nitrogen and oxygen atoms in total. The van der Waals surface area contributed by atoms with Gasteiger partial charge >= 0.3 is 0 Å².